The Morgan fingerprint density at radius 1 is 1.09 bits per heavy atom. The molecule has 1 aliphatic carbocycles. The summed E-state index contributed by atoms with van der Waals surface area (Å²) in [6.45, 7) is 4.99. The van der Waals surface area contributed by atoms with Gasteiger partial charge in [0.15, 0.2) is 0 Å². The summed E-state index contributed by atoms with van der Waals surface area (Å²) < 4.78 is 0. The summed E-state index contributed by atoms with van der Waals surface area (Å²) in [7, 11) is 0. The Morgan fingerprint density at radius 3 is 1.36 bits per heavy atom. The van der Waals surface area contributed by atoms with Gasteiger partial charge in [-0.05, 0) is 26.7 Å². The van der Waals surface area contributed by atoms with Gasteiger partial charge in [-0.25, -0.2) is 0 Å². The second-order valence-electron chi connectivity index (χ2n) is 2.69. The van der Waals surface area contributed by atoms with Crippen LogP contribution in [0.15, 0.2) is 0 Å². The first-order valence-electron chi connectivity index (χ1n) is 3.40. The van der Waals surface area contributed by atoms with Crippen LogP contribution in [0.5, 0.6) is 0 Å². The average Bonchev–Trinajstić information content (AvgIpc) is 2.70. The topological polar surface area (TPSA) is 51.2 Å². The lowest BCUT2D eigenvalue weighted by Gasteiger charge is -2.02. The third-order valence-corrected chi connectivity index (χ3v) is 2.10. The highest BCUT2D eigenvalue weighted by Gasteiger charge is 2.51. The largest absolute Gasteiger partial charge is 0.307 e. The van der Waals surface area contributed by atoms with Gasteiger partial charge in [0.05, 0.1) is 5.41 Å². The highest BCUT2D eigenvalue weighted by atomic mass is 16.2. The van der Waals surface area contributed by atoms with Crippen molar-refractivity contribution in [2.75, 3.05) is 0 Å². The van der Waals surface area contributed by atoms with Crippen molar-refractivity contribution in [3.8, 4) is 0 Å². The van der Waals surface area contributed by atoms with Crippen LogP contribution in [0.4, 0.5) is 0 Å². The molecule has 1 saturated carbocycles. The summed E-state index contributed by atoms with van der Waals surface area (Å²) in [5.74, 6) is 0.0741. The average molecular weight is 156 g/mol. The molecule has 0 aliphatic heterocycles. The maximum absolute atomic E-state index is 10.7. The van der Waals surface area contributed by atoms with E-state index >= 15 is 0 Å². The fourth-order valence-corrected chi connectivity index (χ4v) is 1.08. The van der Waals surface area contributed by atoms with Gasteiger partial charge in [-0.2, -0.15) is 0 Å². The van der Waals surface area contributed by atoms with Gasteiger partial charge in [0.2, 0.25) is 0 Å². The van der Waals surface area contributed by atoms with Crippen LogP contribution in [0.3, 0.4) is 0 Å². The Kier molecular flexibility index (Phi) is 3.11. The van der Waals surface area contributed by atoms with E-state index in [1.54, 1.807) is 0 Å². The van der Waals surface area contributed by atoms with Gasteiger partial charge >= 0.3 is 0 Å². The van der Waals surface area contributed by atoms with E-state index in [4.69, 9.17) is 4.79 Å². The highest BCUT2D eigenvalue weighted by Crippen LogP contribution is 2.46. The number of hydrogen-bond acceptors (Lipinski definition) is 3. The summed E-state index contributed by atoms with van der Waals surface area (Å²) in [5.41, 5.74) is -0.528. The molecule has 0 aromatic rings. The molecular formula is C8H12O3. The predicted octanol–water partition coefficient (Wildman–Crippen LogP) is 0.760. The molecule has 0 saturated heterocycles. The minimum atomic E-state index is -0.528. The summed E-state index contributed by atoms with van der Waals surface area (Å²) in [5, 5.41) is 0. The molecule has 0 amide bonds. The molecule has 0 aromatic carbocycles. The number of rotatable bonds is 2. The summed E-state index contributed by atoms with van der Waals surface area (Å²) in [6, 6.07) is 0. The Labute approximate surface area is 65.8 Å². The van der Waals surface area contributed by atoms with E-state index in [0.717, 1.165) is 12.8 Å². The fraction of sp³-hybridized carbons (Fsp3) is 0.625. The Balaban J connectivity index is 0.000000461. The first-order chi connectivity index (χ1) is 5.09. The van der Waals surface area contributed by atoms with E-state index in [1.165, 1.54) is 13.8 Å². The molecule has 0 heterocycles. The standard InChI is InChI=1S/C7H10O2.CH2O/c1-5(8)7(3-4-7)6(2)9;1-2/h3-4H2,1-2H3;1H2. The van der Waals surface area contributed by atoms with Crippen molar-refractivity contribution in [2.24, 2.45) is 5.41 Å². The van der Waals surface area contributed by atoms with Gasteiger partial charge < -0.3 is 4.79 Å². The SMILES string of the molecule is C=O.CC(=O)C1(C(C)=O)CC1. The molecule has 1 fully saturated rings. The van der Waals surface area contributed by atoms with Crippen molar-refractivity contribution in [3.05, 3.63) is 0 Å². The van der Waals surface area contributed by atoms with Crippen LogP contribution < -0.4 is 0 Å². The zero-order valence-electron chi connectivity index (χ0n) is 6.85. The van der Waals surface area contributed by atoms with Crippen LogP contribution in [0.2, 0.25) is 0 Å². The van der Waals surface area contributed by atoms with Gasteiger partial charge in [-0.15, -0.1) is 0 Å². The minimum absolute atomic E-state index is 0.0370. The van der Waals surface area contributed by atoms with Gasteiger partial charge in [-0.1, -0.05) is 0 Å². The Hall–Kier alpha value is -0.990. The number of hydrogen-bond donors (Lipinski definition) is 0. The van der Waals surface area contributed by atoms with E-state index in [0.29, 0.717) is 0 Å². The molecule has 0 N–H and O–H groups in total. The monoisotopic (exact) mass is 156 g/mol. The van der Waals surface area contributed by atoms with Crippen LogP contribution >= 0.6 is 0 Å². The lowest BCUT2D eigenvalue weighted by molar-refractivity contribution is -0.132. The second kappa shape index (κ2) is 3.42. The maximum Gasteiger partial charge on any atom is 0.143 e. The van der Waals surface area contributed by atoms with E-state index < -0.39 is 5.41 Å². The molecule has 0 atom stereocenters. The zero-order chi connectivity index (χ0) is 9.07. The lowest BCUT2D eigenvalue weighted by atomic mass is 9.98. The normalized spacial score (nSPS) is 17.6. The molecule has 0 unspecified atom stereocenters. The third kappa shape index (κ3) is 1.73. The molecule has 11 heavy (non-hydrogen) atoms. The van der Waals surface area contributed by atoms with Crippen molar-refractivity contribution < 1.29 is 14.4 Å². The predicted molar refractivity (Wildman–Crippen MR) is 40.2 cm³/mol. The van der Waals surface area contributed by atoms with Crippen molar-refractivity contribution in [1.82, 2.24) is 0 Å². The van der Waals surface area contributed by atoms with Crippen molar-refractivity contribution in [1.29, 1.82) is 0 Å². The molecule has 1 aliphatic rings. The molecule has 3 heteroatoms. The first-order valence-corrected chi connectivity index (χ1v) is 3.40. The van der Waals surface area contributed by atoms with Crippen LogP contribution in [0.1, 0.15) is 26.7 Å². The quantitative estimate of drug-likeness (QED) is 0.554. The third-order valence-electron chi connectivity index (χ3n) is 2.10. The van der Waals surface area contributed by atoms with Crippen LogP contribution in [-0.2, 0) is 14.4 Å². The van der Waals surface area contributed by atoms with Gasteiger partial charge in [-0.3, -0.25) is 9.59 Å². The first kappa shape index (κ1) is 10.0. The maximum atomic E-state index is 10.7. The number of ketones is 2. The van der Waals surface area contributed by atoms with Gasteiger partial charge in [0.1, 0.15) is 18.4 Å². The van der Waals surface area contributed by atoms with Crippen LogP contribution in [-0.4, -0.2) is 18.4 Å². The van der Waals surface area contributed by atoms with Gasteiger partial charge in [0.25, 0.3) is 0 Å². The molecule has 1 rings (SSSR count). The lowest BCUT2D eigenvalue weighted by Crippen LogP contribution is -2.20. The summed E-state index contributed by atoms with van der Waals surface area (Å²) in [4.78, 5) is 29.5. The van der Waals surface area contributed by atoms with Crippen molar-refractivity contribution >= 4 is 18.4 Å². The second-order valence-corrected chi connectivity index (χ2v) is 2.69. The minimum Gasteiger partial charge on any atom is -0.307 e. The van der Waals surface area contributed by atoms with Crippen molar-refractivity contribution in [3.63, 3.8) is 0 Å². The van der Waals surface area contributed by atoms with E-state index in [1.807, 2.05) is 6.79 Å². The molecule has 62 valence electrons. The van der Waals surface area contributed by atoms with Gasteiger partial charge in [0, 0.05) is 0 Å². The van der Waals surface area contributed by atoms with E-state index in [-0.39, 0.29) is 11.6 Å². The van der Waals surface area contributed by atoms with Crippen LogP contribution in [0.25, 0.3) is 0 Å². The molecule has 0 spiro atoms. The van der Waals surface area contributed by atoms with Crippen LogP contribution in [0, 0.1) is 5.41 Å². The molecule has 3 nitrogen and oxygen atoms in total. The molecule has 0 bridgehead atoms. The fourth-order valence-electron chi connectivity index (χ4n) is 1.08. The smallest absolute Gasteiger partial charge is 0.143 e. The zero-order valence-corrected chi connectivity index (χ0v) is 6.85. The van der Waals surface area contributed by atoms with Crippen molar-refractivity contribution in [2.45, 2.75) is 26.7 Å². The summed E-state index contributed by atoms with van der Waals surface area (Å²) in [6.07, 6.45) is 1.55. The highest BCUT2D eigenvalue weighted by molar-refractivity contribution is 6.07. The van der Waals surface area contributed by atoms with E-state index in [9.17, 15) is 9.59 Å². The molecule has 0 radical (unpaired) electrons. The van der Waals surface area contributed by atoms with E-state index in [2.05, 4.69) is 0 Å². The summed E-state index contributed by atoms with van der Waals surface area (Å²) >= 11 is 0. The molecular weight excluding hydrogens is 144 g/mol. The number of carbonyl (C=O) groups excluding carboxylic acids is 3. The Bertz CT molecular complexity index is 164. The number of Topliss-reactive ketones (excluding diaryl/α,β-unsaturated/α-hetero) is 2. The molecule has 0 aromatic heterocycles. The Morgan fingerprint density at radius 2 is 1.36 bits per heavy atom. The number of carbonyl (C=O) groups is 3.